The lowest BCUT2D eigenvalue weighted by Crippen LogP contribution is -2.58. The highest BCUT2D eigenvalue weighted by atomic mass is 35.5. The summed E-state index contributed by atoms with van der Waals surface area (Å²) in [6.07, 6.45) is 5.96. The topological polar surface area (TPSA) is 229 Å². The Morgan fingerprint density at radius 2 is 1.75 bits per heavy atom. The van der Waals surface area contributed by atoms with E-state index in [4.69, 9.17) is 22.1 Å². The zero-order valence-electron chi connectivity index (χ0n) is 42.3. The zero-order valence-corrected chi connectivity index (χ0v) is 44.7. The Labute approximate surface area is 440 Å². The van der Waals surface area contributed by atoms with Gasteiger partial charge in [-0.15, -0.1) is 11.3 Å². The van der Waals surface area contributed by atoms with Gasteiger partial charge in [0.2, 0.25) is 29.5 Å². The van der Waals surface area contributed by atoms with E-state index < -0.39 is 35.4 Å². The van der Waals surface area contributed by atoms with Crippen LogP contribution in [-0.4, -0.2) is 148 Å². The highest BCUT2D eigenvalue weighted by Crippen LogP contribution is 2.38. The second-order valence-corrected chi connectivity index (χ2v) is 23.3. The van der Waals surface area contributed by atoms with Crippen molar-refractivity contribution in [2.75, 3.05) is 75.7 Å². The molecule has 0 spiro atoms. The Balaban J connectivity index is 0.812. The number of aryl methyl sites for hydroxylation is 1. The number of amides is 5. The molecule has 73 heavy (non-hydrogen) atoms. The number of likely N-dealkylation sites (tertiary alicyclic amines) is 1. The molecule has 3 saturated heterocycles. The van der Waals surface area contributed by atoms with Crippen molar-refractivity contribution in [1.29, 1.82) is 0 Å². The summed E-state index contributed by atoms with van der Waals surface area (Å²) >= 11 is 9.64. The Kier molecular flexibility index (Phi) is 17.3. The summed E-state index contributed by atoms with van der Waals surface area (Å²) in [5.41, 5.74) is 10.3. The van der Waals surface area contributed by atoms with Crippen molar-refractivity contribution in [3.63, 3.8) is 0 Å². The third-order valence-electron chi connectivity index (χ3n) is 14.3. The van der Waals surface area contributed by atoms with Gasteiger partial charge in [0.05, 0.1) is 45.3 Å². The Bertz CT molecular complexity index is 2630. The highest BCUT2D eigenvalue weighted by Gasteiger charge is 2.45. The van der Waals surface area contributed by atoms with Gasteiger partial charge in [0.25, 0.3) is 0 Å². The summed E-state index contributed by atoms with van der Waals surface area (Å²) in [6, 6.07) is 9.39. The average Bonchev–Trinajstić information content (AvgIpc) is 4.02. The molecule has 5 heterocycles. The number of nitrogens with zero attached hydrogens (tertiary/aromatic N) is 7. The Hall–Kier alpha value is -5.38. The summed E-state index contributed by atoms with van der Waals surface area (Å²) in [4.78, 5) is 90.1. The number of aliphatic hydroxyl groups is 1. The number of anilines is 2. The fourth-order valence-electron chi connectivity index (χ4n) is 9.33. The van der Waals surface area contributed by atoms with Crippen molar-refractivity contribution in [2.24, 2.45) is 22.5 Å². The fourth-order valence-corrected chi connectivity index (χ4v) is 11.2. The lowest BCUT2D eigenvalue weighted by Gasteiger charge is -2.39. The van der Waals surface area contributed by atoms with Crippen molar-refractivity contribution in [3.8, 4) is 16.2 Å². The number of piperazine rings is 1. The van der Waals surface area contributed by atoms with E-state index in [2.05, 4.69) is 47.6 Å². The van der Waals surface area contributed by atoms with Gasteiger partial charge >= 0.3 is 0 Å². The molecule has 0 bridgehead atoms. The predicted molar refractivity (Wildman–Crippen MR) is 282 cm³/mol. The van der Waals surface area contributed by atoms with E-state index >= 15 is 0 Å². The maximum Gasteiger partial charge on any atom is 0.246 e. The van der Waals surface area contributed by atoms with Crippen LogP contribution in [0.2, 0.25) is 5.02 Å². The molecule has 1 aliphatic carbocycles. The smallest absolute Gasteiger partial charge is 0.246 e. The van der Waals surface area contributed by atoms with Crippen LogP contribution in [0.15, 0.2) is 64.2 Å². The Morgan fingerprint density at radius 3 is 2.41 bits per heavy atom. The van der Waals surface area contributed by atoms with E-state index in [1.165, 1.54) is 28.0 Å². The number of hydrogen-bond acceptors (Lipinski definition) is 15. The molecule has 8 rings (SSSR count). The minimum absolute atomic E-state index is 0.00840. The molecule has 3 atom stereocenters. The monoisotopic (exact) mass is 1060 g/mol. The van der Waals surface area contributed by atoms with Gasteiger partial charge in [-0.2, -0.15) is 0 Å². The molecule has 4 aromatic rings. The van der Waals surface area contributed by atoms with Gasteiger partial charge in [0.1, 0.15) is 41.7 Å². The summed E-state index contributed by atoms with van der Waals surface area (Å²) in [5.74, 6) is -0.382. The number of nitrogens with two attached hydrogens (primary N) is 1. The van der Waals surface area contributed by atoms with E-state index in [0.717, 1.165) is 66.3 Å². The third-order valence-corrected chi connectivity index (χ3v) is 16.8. The van der Waals surface area contributed by atoms with Crippen molar-refractivity contribution in [1.82, 2.24) is 40.3 Å². The highest BCUT2D eigenvalue weighted by molar-refractivity contribution is 7.99. The molecule has 18 nitrogen and oxygen atoms in total. The molecular weight excluding hydrogens is 990 g/mol. The number of aromatic nitrogens is 3. The number of thiazole rings is 1. The lowest BCUT2D eigenvalue weighted by molar-refractivity contribution is -0.144. The number of halogens is 1. The summed E-state index contributed by atoms with van der Waals surface area (Å²) < 4.78 is 6.44. The van der Waals surface area contributed by atoms with Gasteiger partial charge < -0.3 is 46.2 Å². The van der Waals surface area contributed by atoms with Crippen LogP contribution in [-0.2, 0) is 30.5 Å². The van der Waals surface area contributed by atoms with E-state index in [1.54, 1.807) is 34.9 Å². The fraction of sp³-hybridized carbons (Fsp3) is 0.538. The van der Waals surface area contributed by atoms with Gasteiger partial charge in [0, 0.05) is 81.7 Å². The second kappa shape index (κ2) is 23.4. The molecule has 0 radical (unpaired) electrons. The van der Waals surface area contributed by atoms with E-state index in [1.807, 2.05) is 52.0 Å². The first-order chi connectivity index (χ1) is 34.9. The van der Waals surface area contributed by atoms with Crippen molar-refractivity contribution < 1.29 is 33.8 Å². The van der Waals surface area contributed by atoms with Gasteiger partial charge in [0.15, 0.2) is 0 Å². The molecule has 3 aliphatic heterocycles. The van der Waals surface area contributed by atoms with Gasteiger partial charge in [-0.05, 0) is 73.7 Å². The minimum Gasteiger partial charge on any atom is -0.492 e. The van der Waals surface area contributed by atoms with Crippen LogP contribution >= 0.6 is 34.7 Å². The molecule has 4 aliphatic rings. The summed E-state index contributed by atoms with van der Waals surface area (Å²) in [7, 11) is 0. The molecule has 5 amide bonds. The maximum absolute atomic E-state index is 14.0. The number of ether oxygens (including phenoxy) is 1. The van der Waals surface area contributed by atoms with Crippen LogP contribution in [0.3, 0.4) is 0 Å². The molecule has 1 saturated carbocycles. The number of piperidine rings is 1. The SMILES string of the molecule is Cc1ncsc1-c1ccc(CNC(=O)C2CC(O)CN2C(=O)[C@@H](NC(=O)C2CC2)C(C)(C)C)c(OCCN2CCN(C(=O)CC(=O)Nc3cccc(Sc4cnc(N5CCC(C)(CN)CC5)cn4)c3Cl)CC2)c1. The van der Waals surface area contributed by atoms with Crippen LogP contribution < -0.4 is 31.3 Å². The number of aliphatic hydroxyl groups excluding tert-OH is 1. The van der Waals surface area contributed by atoms with Gasteiger partial charge in [-0.3, -0.25) is 28.9 Å². The van der Waals surface area contributed by atoms with Crippen LogP contribution in [0.25, 0.3) is 10.4 Å². The molecule has 2 unspecified atom stereocenters. The molecule has 21 heteroatoms. The first-order valence-electron chi connectivity index (χ1n) is 25.1. The number of β-amino-alcohol motifs (C(OH)–C–C–N with tert-alkyl or cyclic N) is 1. The molecular formula is C52H68ClN11O7S2. The van der Waals surface area contributed by atoms with Crippen molar-refractivity contribution >= 4 is 75.7 Å². The van der Waals surface area contributed by atoms with Crippen LogP contribution in [0, 0.1) is 23.7 Å². The van der Waals surface area contributed by atoms with Crippen LogP contribution in [0.5, 0.6) is 5.75 Å². The number of hydrogen-bond donors (Lipinski definition) is 5. The number of rotatable bonds is 18. The normalized spacial score (nSPS) is 19.6. The molecule has 4 fully saturated rings. The standard InChI is InChI=1S/C52H68ClN11O7S2/c1-32-46(72-31-58-32)34-11-12-35(26-57-49(69)38-24-36(65)29-64(38)50(70)47(51(2,3)4)60-48(68)33-9-10-33)39(23-34)71-22-21-61-17-19-63(20-18-61)44(67)25-42(66)59-37-7-6-8-40(45(37)53)73-43-28-55-41(27-56-43)62-15-13-52(5,30-54)14-16-62/h6-8,11-12,23,27-28,31,33,36,38,47,65H,9-10,13-22,24-26,29-30,54H2,1-5H3,(H,57,69)(H,59,66)(H,60,68)/t36?,38?,47-/m1/s1. The van der Waals surface area contributed by atoms with E-state index in [0.29, 0.717) is 72.3 Å². The van der Waals surface area contributed by atoms with E-state index in [9.17, 15) is 29.1 Å². The molecule has 6 N–H and O–H groups in total. The summed E-state index contributed by atoms with van der Waals surface area (Å²) in [5, 5.41) is 20.5. The van der Waals surface area contributed by atoms with Crippen LogP contribution in [0.1, 0.15) is 77.5 Å². The predicted octanol–water partition coefficient (Wildman–Crippen LogP) is 5.35. The first kappa shape index (κ1) is 53.9. The summed E-state index contributed by atoms with van der Waals surface area (Å²) in [6.45, 7) is 15.3. The molecule has 392 valence electrons. The number of benzene rings is 2. The number of carbonyl (C=O) groups is 5. The number of nitrogens with one attached hydrogen (secondary N) is 3. The quantitative estimate of drug-likeness (QED) is 0.0793. The third kappa shape index (κ3) is 13.7. The Morgan fingerprint density at radius 1 is 1.00 bits per heavy atom. The van der Waals surface area contributed by atoms with Gasteiger partial charge in [-0.1, -0.05) is 69.3 Å². The van der Waals surface area contributed by atoms with Crippen molar-refractivity contribution in [2.45, 2.75) is 108 Å². The van der Waals surface area contributed by atoms with Crippen LogP contribution in [0.4, 0.5) is 11.5 Å². The number of carbonyl (C=O) groups excluding carboxylic acids is 5. The molecule has 2 aromatic heterocycles. The largest absolute Gasteiger partial charge is 0.492 e. The average molecular weight is 1060 g/mol. The van der Waals surface area contributed by atoms with E-state index in [-0.39, 0.29) is 55.0 Å². The molecule has 2 aromatic carbocycles. The van der Waals surface area contributed by atoms with Crippen molar-refractivity contribution in [3.05, 3.63) is 70.6 Å². The minimum atomic E-state index is -0.917. The maximum atomic E-state index is 14.0. The zero-order chi connectivity index (χ0) is 52.0. The second-order valence-electron chi connectivity index (χ2n) is 21.0. The first-order valence-corrected chi connectivity index (χ1v) is 27.2. The van der Waals surface area contributed by atoms with Gasteiger partial charge in [-0.25, -0.2) is 15.0 Å². The lowest BCUT2D eigenvalue weighted by atomic mass is 9.80.